The Balaban J connectivity index is 1.23. The van der Waals surface area contributed by atoms with Crippen LogP contribution in [-0.2, 0) is 9.59 Å². The number of hydrogen-bond acceptors (Lipinski definition) is 9. The molecule has 0 bridgehead atoms. The van der Waals surface area contributed by atoms with Crippen LogP contribution >= 0.6 is 11.8 Å². The monoisotopic (exact) mass is 688 g/mol. The summed E-state index contributed by atoms with van der Waals surface area (Å²) in [4.78, 5) is 49.9. The summed E-state index contributed by atoms with van der Waals surface area (Å²) in [6.45, 7) is 1.73. The van der Waals surface area contributed by atoms with Gasteiger partial charge in [0.25, 0.3) is 5.91 Å². The minimum atomic E-state index is -1.04. The number of aromatic carboxylic acids is 1. The van der Waals surface area contributed by atoms with Crippen LogP contribution in [0.3, 0.4) is 0 Å². The predicted octanol–water partition coefficient (Wildman–Crippen LogP) is 7.13. The molecule has 0 saturated carbocycles. The van der Waals surface area contributed by atoms with Crippen LogP contribution in [0.5, 0.6) is 17.2 Å². The van der Waals surface area contributed by atoms with Crippen molar-refractivity contribution in [2.45, 2.75) is 12.2 Å². The number of carbonyl (C=O) groups excluding carboxylic acids is 2. The second kappa shape index (κ2) is 14.5. The predicted molar refractivity (Wildman–Crippen MR) is 195 cm³/mol. The van der Waals surface area contributed by atoms with E-state index in [0.29, 0.717) is 61.5 Å². The van der Waals surface area contributed by atoms with Gasteiger partial charge in [-0.2, -0.15) is 0 Å². The van der Waals surface area contributed by atoms with Crippen molar-refractivity contribution in [3.05, 3.63) is 114 Å². The van der Waals surface area contributed by atoms with Crippen molar-refractivity contribution in [3.8, 4) is 28.5 Å². The van der Waals surface area contributed by atoms with Crippen LogP contribution in [0.2, 0.25) is 0 Å². The lowest BCUT2D eigenvalue weighted by Crippen LogP contribution is -2.33. The van der Waals surface area contributed by atoms with Crippen LogP contribution < -0.4 is 24.4 Å². The van der Waals surface area contributed by atoms with E-state index in [1.165, 1.54) is 26.2 Å². The van der Waals surface area contributed by atoms with Gasteiger partial charge in [0.15, 0.2) is 16.7 Å². The summed E-state index contributed by atoms with van der Waals surface area (Å²) in [5.74, 6) is -0.317. The molecule has 1 aliphatic heterocycles. The molecular formula is C38H32N4O7S. The highest BCUT2D eigenvalue weighted by molar-refractivity contribution is 8.15. The molecule has 6 rings (SSSR count). The maximum Gasteiger partial charge on any atom is 0.336 e. The van der Waals surface area contributed by atoms with Crippen LogP contribution in [0.15, 0.2) is 108 Å². The van der Waals surface area contributed by atoms with E-state index in [1.54, 1.807) is 91.9 Å². The van der Waals surface area contributed by atoms with Gasteiger partial charge in [0.2, 0.25) is 5.91 Å². The fraction of sp³-hybridized carbons (Fsp3) is 0.132. The molecule has 50 heavy (non-hydrogen) atoms. The van der Waals surface area contributed by atoms with Gasteiger partial charge in [-0.1, -0.05) is 60.3 Å². The molecule has 1 aromatic heterocycles. The number of anilines is 2. The van der Waals surface area contributed by atoms with Gasteiger partial charge < -0.3 is 24.6 Å². The van der Waals surface area contributed by atoms with E-state index in [-0.39, 0.29) is 23.1 Å². The van der Waals surface area contributed by atoms with Crippen LogP contribution in [0, 0.1) is 0 Å². The number of pyridine rings is 1. The van der Waals surface area contributed by atoms with Gasteiger partial charge in [-0.15, -0.1) is 0 Å². The Bertz CT molecular complexity index is 2170. The summed E-state index contributed by atoms with van der Waals surface area (Å²) >= 11 is 1.15. The molecule has 0 fully saturated rings. The van der Waals surface area contributed by atoms with Crippen LogP contribution in [0.25, 0.3) is 28.2 Å². The third kappa shape index (κ3) is 6.87. The van der Waals surface area contributed by atoms with E-state index in [4.69, 9.17) is 14.2 Å². The van der Waals surface area contributed by atoms with E-state index in [2.05, 4.69) is 15.3 Å². The number of hydrogen-bond donors (Lipinski definition) is 2. The summed E-state index contributed by atoms with van der Waals surface area (Å²) in [5, 5.41) is 12.9. The fourth-order valence-corrected chi connectivity index (χ4v) is 6.30. The molecule has 0 radical (unpaired) electrons. The lowest BCUT2D eigenvalue weighted by molar-refractivity contribution is -0.115. The highest BCUT2D eigenvalue weighted by Gasteiger charge is 2.34. The third-order valence-electron chi connectivity index (χ3n) is 7.92. The number of carbonyl (C=O) groups is 3. The first kappa shape index (κ1) is 33.7. The zero-order valence-corrected chi connectivity index (χ0v) is 28.4. The summed E-state index contributed by atoms with van der Waals surface area (Å²) in [6.07, 6.45) is 1.61. The molecule has 0 spiro atoms. The minimum absolute atomic E-state index is 0.151. The number of rotatable bonds is 10. The SMILES string of the molecule is COc1cc(OC)c(OC)cc1/C=C1/N=C(SC(C)C(=O)Nc2ccc(-c3cc(C(=O)O)c4ccccc4n3)cc2)N(c2ccccc2)C1=O. The number of nitrogens with one attached hydrogen (secondary N) is 1. The number of thioether (sulfide) groups is 1. The zero-order chi connectivity index (χ0) is 35.4. The highest BCUT2D eigenvalue weighted by Crippen LogP contribution is 2.38. The van der Waals surface area contributed by atoms with Crippen molar-refractivity contribution in [2.24, 2.45) is 4.99 Å². The Morgan fingerprint density at radius 2 is 1.52 bits per heavy atom. The largest absolute Gasteiger partial charge is 0.496 e. The molecule has 1 unspecified atom stereocenters. The molecule has 2 amide bonds. The average molecular weight is 689 g/mol. The normalized spacial score (nSPS) is 14.0. The Labute approximate surface area is 292 Å². The Morgan fingerprint density at radius 1 is 0.860 bits per heavy atom. The number of amides is 2. The van der Waals surface area contributed by atoms with Crippen molar-refractivity contribution in [2.75, 3.05) is 31.5 Å². The lowest BCUT2D eigenvalue weighted by atomic mass is 10.0. The molecule has 252 valence electrons. The second-order valence-corrected chi connectivity index (χ2v) is 12.4. The lowest BCUT2D eigenvalue weighted by Gasteiger charge is -2.20. The number of carboxylic acids is 1. The van der Waals surface area contributed by atoms with Crippen molar-refractivity contribution in [1.82, 2.24) is 4.98 Å². The van der Waals surface area contributed by atoms with Crippen molar-refractivity contribution in [1.29, 1.82) is 0 Å². The number of amidine groups is 1. The molecule has 2 heterocycles. The number of aliphatic imine (C=N–C) groups is 1. The molecule has 4 aromatic carbocycles. The second-order valence-electron chi connectivity index (χ2n) is 11.1. The molecule has 0 aliphatic carbocycles. The first-order valence-electron chi connectivity index (χ1n) is 15.4. The Kier molecular flexibility index (Phi) is 9.82. The Hall–Kier alpha value is -6.14. The van der Waals surface area contributed by atoms with Gasteiger partial charge in [-0.25, -0.2) is 14.8 Å². The number of para-hydroxylation sites is 2. The van der Waals surface area contributed by atoms with Crippen molar-refractivity contribution >= 4 is 63.1 Å². The summed E-state index contributed by atoms with van der Waals surface area (Å²) < 4.78 is 16.4. The van der Waals surface area contributed by atoms with E-state index in [9.17, 15) is 19.5 Å². The Morgan fingerprint density at radius 3 is 2.20 bits per heavy atom. The van der Waals surface area contributed by atoms with E-state index in [0.717, 1.165) is 11.8 Å². The highest BCUT2D eigenvalue weighted by atomic mass is 32.2. The first-order chi connectivity index (χ1) is 24.2. The standard InChI is InChI=1S/C38H32N4O7S/c1-22(35(43)39-25-16-14-23(15-17-25)30-20-28(37(45)46)27-12-8-9-13-29(27)40-30)50-38-41-31(36(44)42(38)26-10-6-5-7-11-26)18-24-19-33(48-3)34(49-4)21-32(24)47-2/h5-22H,1-4H3,(H,39,43)(H,45,46)/b31-18+. The van der Waals surface area contributed by atoms with E-state index < -0.39 is 11.2 Å². The quantitative estimate of drug-likeness (QED) is 0.147. The summed E-state index contributed by atoms with van der Waals surface area (Å²) in [5.41, 5.74) is 3.78. The molecule has 1 atom stereocenters. The van der Waals surface area contributed by atoms with Gasteiger partial charge in [-0.3, -0.25) is 14.5 Å². The van der Waals surface area contributed by atoms with Crippen LogP contribution in [-0.4, -0.2) is 59.6 Å². The number of carboxylic acid groups (broad SMARTS) is 1. The molecule has 0 saturated heterocycles. The first-order valence-corrected chi connectivity index (χ1v) is 16.3. The molecule has 12 heteroatoms. The molecule has 5 aromatic rings. The molecule has 2 N–H and O–H groups in total. The number of fused-ring (bicyclic) bond motifs is 1. The topological polar surface area (TPSA) is 140 Å². The average Bonchev–Trinajstić information content (AvgIpc) is 3.44. The number of aromatic nitrogens is 1. The zero-order valence-electron chi connectivity index (χ0n) is 27.5. The number of benzene rings is 4. The maximum absolute atomic E-state index is 13.8. The van der Waals surface area contributed by atoms with E-state index >= 15 is 0 Å². The molecular weight excluding hydrogens is 657 g/mol. The van der Waals surface area contributed by atoms with E-state index in [1.807, 2.05) is 18.2 Å². The number of methoxy groups -OCH3 is 3. The molecule has 1 aliphatic rings. The van der Waals surface area contributed by atoms with Gasteiger partial charge in [-0.05, 0) is 55.5 Å². The minimum Gasteiger partial charge on any atom is -0.496 e. The van der Waals surface area contributed by atoms with Gasteiger partial charge >= 0.3 is 5.97 Å². The smallest absolute Gasteiger partial charge is 0.336 e. The third-order valence-corrected chi connectivity index (χ3v) is 8.97. The van der Waals surface area contributed by atoms with Gasteiger partial charge in [0.05, 0.1) is 49.0 Å². The van der Waals surface area contributed by atoms with Crippen molar-refractivity contribution in [3.63, 3.8) is 0 Å². The number of nitrogens with zero attached hydrogens (tertiary/aromatic N) is 3. The number of ether oxygens (including phenoxy) is 3. The van der Waals surface area contributed by atoms with Gasteiger partial charge in [0, 0.05) is 28.3 Å². The maximum atomic E-state index is 13.8. The summed E-state index contributed by atoms with van der Waals surface area (Å²) in [6, 6.07) is 28.1. The summed E-state index contributed by atoms with van der Waals surface area (Å²) in [7, 11) is 4.56. The van der Waals surface area contributed by atoms with Crippen LogP contribution in [0.4, 0.5) is 11.4 Å². The van der Waals surface area contributed by atoms with Gasteiger partial charge in [0.1, 0.15) is 11.4 Å². The van der Waals surface area contributed by atoms with Crippen LogP contribution in [0.1, 0.15) is 22.8 Å². The fourth-order valence-electron chi connectivity index (χ4n) is 5.37. The molecule has 11 nitrogen and oxygen atoms in total. The van der Waals surface area contributed by atoms with Crippen molar-refractivity contribution < 1.29 is 33.7 Å².